The first kappa shape index (κ1) is 23.0. The summed E-state index contributed by atoms with van der Waals surface area (Å²) in [5, 5.41) is 10.5. The van der Waals surface area contributed by atoms with Gasteiger partial charge >= 0.3 is 0 Å². The summed E-state index contributed by atoms with van der Waals surface area (Å²) in [6, 6.07) is 20.3. The largest absolute Gasteiger partial charge is 0.380 e. The predicted octanol–water partition coefficient (Wildman–Crippen LogP) is 4.89. The first-order valence-electron chi connectivity index (χ1n) is 11.9. The highest BCUT2D eigenvalue weighted by Gasteiger charge is 2.35. The third-order valence-corrected chi connectivity index (χ3v) is 6.39. The molecule has 2 aromatic rings. The molecule has 4 heteroatoms. The Morgan fingerprint density at radius 3 is 2.25 bits per heavy atom. The summed E-state index contributed by atoms with van der Waals surface area (Å²) < 4.78 is 18.4. The summed E-state index contributed by atoms with van der Waals surface area (Å²) >= 11 is 0. The summed E-state index contributed by atoms with van der Waals surface area (Å²) in [5.41, 5.74) is 2.28. The van der Waals surface area contributed by atoms with Crippen LogP contribution in [0, 0.1) is 17.8 Å². The highest BCUT2D eigenvalue weighted by Crippen LogP contribution is 2.27. The van der Waals surface area contributed by atoms with Gasteiger partial charge in [0.15, 0.2) is 0 Å². The smallest absolute Gasteiger partial charge is 0.121 e. The van der Waals surface area contributed by atoms with Gasteiger partial charge in [0.05, 0.1) is 25.9 Å². The molecule has 2 fully saturated rings. The van der Waals surface area contributed by atoms with Gasteiger partial charge in [-0.1, -0.05) is 91.8 Å². The quantitative estimate of drug-likeness (QED) is 0.601. The Morgan fingerprint density at radius 2 is 1.56 bits per heavy atom. The highest BCUT2D eigenvalue weighted by atomic mass is 16.6. The van der Waals surface area contributed by atoms with Crippen molar-refractivity contribution >= 4 is 0 Å². The third kappa shape index (κ3) is 6.92. The fraction of sp³-hybridized carbons (Fsp3) is 0.500. The Bertz CT molecular complexity index is 851. The Balaban J connectivity index is 1.33. The van der Waals surface area contributed by atoms with Gasteiger partial charge in [0.2, 0.25) is 0 Å². The second kappa shape index (κ2) is 12.2. The Kier molecular flexibility index (Phi) is 8.76. The van der Waals surface area contributed by atoms with Crippen molar-refractivity contribution in [3.8, 4) is 11.8 Å². The monoisotopic (exact) mass is 434 g/mol. The van der Waals surface area contributed by atoms with E-state index in [9.17, 15) is 5.11 Å². The molecule has 4 nitrogen and oxygen atoms in total. The number of aliphatic hydroxyl groups is 1. The fourth-order valence-corrected chi connectivity index (χ4v) is 4.52. The van der Waals surface area contributed by atoms with E-state index >= 15 is 0 Å². The molecular weight excluding hydrogens is 400 g/mol. The number of aliphatic hydroxyl groups excluding tert-OH is 1. The number of hydrogen-bond acceptors (Lipinski definition) is 4. The van der Waals surface area contributed by atoms with E-state index in [1.165, 1.54) is 19.3 Å². The molecule has 1 heterocycles. The third-order valence-electron chi connectivity index (χ3n) is 6.39. The minimum atomic E-state index is -0.559. The molecule has 2 aromatic carbocycles. The molecule has 2 aliphatic rings. The topological polar surface area (TPSA) is 47.9 Å². The van der Waals surface area contributed by atoms with Gasteiger partial charge < -0.3 is 19.3 Å². The second-order valence-electron chi connectivity index (χ2n) is 8.87. The van der Waals surface area contributed by atoms with E-state index in [-0.39, 0.29) is 18.3 Å². The Labute approximate surface area is 191 Å². The minimum Gasteiger partial charge on any atom is -0.380 e. The van der Waals surface area contributed by atoms with E-state index < -0.39 is 6.10 Å². The zero-order chi connectivity index (χ0) is 22.0. The number of hydrogen-bond donors (Lipinski definition) is 1. The number of rotatable bonds is 8. The van der Waals surface area contributed by atoms with Crippen LogP contribution in [0.25, 0.3) is 0 Å². The molecule has 1 aliphatic carbocycles. The molecule has 4 atom stereocenters. The fourth-order valence-electron chi connectivity index (χ4n) is 4.52. The normalized spacial score (nSPS) is 24.6. The first-order chi connectivity index (χ1) is 15.8. The summed E-state index contributed by atoms with van der Waals surface area (Å²) in [6.07, 6.45) is 5.43. The van der Waals surface area contributed by atoms with E-state index in [0.717, 1.165) is 24.0 Å². The van der Waals surface area contributed by atoms with Crippen LogP contribution in [-0.4, -0.2) is 36.1 Å². The van der Waals surface area contributed by atoms with Gasteiger partial charge in [0.1, 0.15) is 18.3 Å². The van der Waals surface area contributed by atoms with Gasteiger partial charge in [0.25, 0.3) is 0 Å². The lowest BCUT2D eigenvalue weighted by Crippen LogP contribution is -2.29. The van der Waals surface area contributed by atoms with Crippen molar-refractivity contribution in [3.05, 3.63) is 71.8 Å². The van der Waals surface area contributed by atoms with Crippen LogP contribution in [0.15, 0.2) is 60.7 Å². The van der Waals surface area contributed by atoms with Crippen molar-refractivity contribution in [2.45, 2.75) is 76.2 Å². The maximum absolute atomic E-state index is 10.5. The lowest BCUT2D eigenvalue weighted by Gasteiger charge is -2.23. The van der Waals surface area contributed by atoms with E-state index in [0.29, 0.717) is 32.2 Å². The van der Waals surface area contributed by atoms with Gasteiger partial charge in [-0.05, 0) is 29.9 Å². The molecule has 4 rings (SSSR count). The van der Waals surface area contributed by atoms with E-state index in [2.05, 4.69) is 36.1 Å². The van der Waals surface area contributed by atoms with Crippen molar-refractivity contribution in [2.24, 2.45) is 5.92 Å². The Morgan fingerprint density at radius 1 is 0.906 bits per heavy atom. The van der Waals surface area contributed by atoms with E-state index in [1.807, 2.05) is 36.4 Å². The SMILES string of the molecule is OC(C#C[C@@H]1C[C@H](OCc2ccccc2)[C@@H](COCc2ccccc2)O1)C1CCCCC1. The molecule has 0 amide bonds. The molecule has 0 spiro atoms. The average molecular weight is 435 g/mol. The molecular formula is C28H34O4. The number of ether oxygens (including phenoxy) is 3. The van der Waals surface area contributed by atoms with Crippen LogP contribution in [0.2, 0.25) is 0 Å². The molecule has 0 radical (unpaired) electrons. The molecule has 0 bridgehead atoms. The molecule has 1 N–H and O–H groups in total. The average Bonchev–Trinajstić information content (AvgIpc) is 3.25. The van der Waals surface area contributed by atoms with Gasteiger partial charge in [-0.2, -0.15) is 0 Å². The molecule has 170 valence electrons. The Hall–Kier alpha value is -2.16. The van der Waals surface area contributed by atoms with Crippen LogP contribution in [0.5, 0.6) is 0 Å². The lowest BCUT2D eigenvalue weighted by atomic mass is 9.85. The first-order valence-corrected chi connectivity index (χ1v) is 11.9. The summed E-state index contributed by atoms with van der Waals surface area (Å²) in [4.78, 5) is 0. The van der Waals surface area contributed by atoms with Crippen LogP contribution in [0.1, 0.15) is 49.7 Å². The summed E-state index contributed by atoms with van der Waals surface area (Å²) in [7, 11) is 0. The van der Waals surface area contributed by atoms with Gasteiger partial charge in [-0.3, -0.25) is 0 Å². The maximum Gasteiger partial charge on any atom is 0.121 e. The van der Waals surface area contributed by atoms with Gasteiger partial charge in [0, 0.05) is 6.42 Å². The molecule has 1 saturated heterocycles. The molecule has 1 saturated carbocycles. The van der Waals surface area contributed by atoms with Crippen LogP contribution in [-0.2, 0) is 27.4 Å². The summed E-state index contributed by atoms with van der Waals surface area (Å²) in [5.74, 6) is 6.56. The van der Waals surface area contributed by atoms with Gasteiger partial charge in [-0.25, -0.2) is 0 Å². The zero-order valence-electron chi connectivity index (χ0n) is 18.7. The molecule has 1 aliphatic heterocycles. The van der Waals surface area contributed by atoms with Crippen LogP contribution >= 0.6 is 0 Å². The molecule has 32 heavy (non-hydrogen) atoms. The predicted molar refractivity (Wildman–Crippen MR) is 125 cm³/mol. The standard InChI is InChI=1S/C28H34O4/c29-26(24-14-8-3-9-15-24)17-16-25-18-27(31-20-23-12-6-2-7-13-23)28(32-25)21-30-19-22-10-4-1-5-11-22/h1-2,4-7,10-13,24-29H,3,8-9,14-15,18-21H2/t25-,26?,27+,28-/m1/s1. The van der Waals surface area contributed by atoms with Crippen LogP contribution < -0.4 is 0 Å². The highest BCUT2D eigenvalue weighted by molar-refractivity contribution is 5.15. The molecule has 0 aromatic heterocycles. The second-order valence-corrected chi connectivity index (χ2v) is 8.87. The summed E-state index contributed by atoms with van der Waals surface area (Å²) in [6.45, 7) is 1.54. The van der Waals surface area contributed by atoms with Crippen molar-refractivity contribution < 1.29 is 19.3 Å². The van der Waals surface area contributed by atoms with Crippen molar-refractivity contribution in [2.75, 3.05) is 6.61 Å². The zero-order valence-corrected chi connectivity index (χ0v) is 18.7. The van der Waals surface area contributed by atoms with Crippen LogP contribution in [0.4, 0.5) is 0 Å². The van der Waals surface area contributed by atoms with Crippen molar-refractivity contribution in [3.63, 3.8) is 0 Å². The van der Waals surface area contributed by atoms with Crippen LogP contribution in [0.3, 0.4) is 0 Å². The lowest BCUT2D eigenvalue weighted by molar-refractivity contribution is -0.0651. The molecule has 1 unspecified atom stereocenters. The van der Waals surface area contributed by atoms with E-state index in [4.69, 9.17) is 14.2 Å². The minimum absolute atomic E-state index is 0.0860. The maximum atomic E-state index is 10.5. The van der Waals surface area contributed by atoms with Crippen molar-refractivity contribution in [1.82, 2.24) is 0 Å². The number of benzene rings is 2. The van der Waals surface area contributed by atoms with E-state index in [1.54, 1.807) is 0 Å². The van der Waals surface area contributed by atoms with Crippen molar-refractivity contribution in [1.29, 1.82) is 0 Å². The van der Waals surface area contributed by atoms with Gasteiger partial charge in [-0.15, -0.1) is 0 Å².